The van der Waals surface area contributed by atoms with Crippen molar-refractivity contribution >= 4 is 48.1 Å². The summed E-state index contributed by atoms with van der Waals surface area (Å²) >= 11 is 4.37. The van der Waals surface area contributed by atoms with E-state index in [1.54, 1.807) is 0 Å². The lowest BCUT2D eigenvalue weighted by atomic mass is 10.3. The van der Waals surface area contributed by atoms with Crippen molar-refractivity contribution < 1.29 is 17.9 Å². The summed E-state index contributed by atoms with van der Waals surface area (Å²) in [5, 5.41) is 0.235. The molecular formula is C11H12BrN3O4S2. The van der Waals surface area contributed by atoms with Gasteiger partial charge in [0.2, 0.25) is 0 Å². The summed E-state index contributed by atoms with van der Waals surface area (Å²) in [6, 6.07) is 2.70. The second-order valence-electron chi connectivity index (χ2n) is 3.82. The average molecular weight is 394 g/mol. The van der Waals surface area contributed by atoms with Gasteiger partial charge in [0.15, 0.2) is 5.13 Å². The number of ether oxygens (including phenoxy) is 2. The zero-order chi connectivity index (χ0) is 15.6. The Labute approximate surface area is 134 Å². The zero-order valence-electron chi connectivity index (χ0n) is 11.1. The molecule has 0 saturated heterocycles. The third kappa shape index (κ3) is 3.39. The Balaban J connectivity index is 2.46. The summed E-state index contributed by atoms with van der Waals surface area (Å²) in [6.07, 6.45) is 1.50. The molecule has 7 nitrogen and oxygen atoms in total. The highest BCUT2D eigenvalue weighted by Crippen LogP contribution is 2.35. The standard InChI is InChI=1S/C11H12BrN3O4S2/c1-18-7-4-8(19-2)9(3-6(7)13)21(16,17)15-11-14-5-10(12)20-11/h3-5H,13H2,1-2H3,(H,14,15). The van der Waals surface area contributed by atoms with E-state index in [1.165, 1.54) is 32.5 Å². The molecule has 114 valence electrons. The van der Waals surface area contributed by atoms with Crippen molar-refractivity contribution in [2.24, 2.45) is 0 Å². The number of aromatic nitrogens is 1. The minimum absolute atomic E-state index is 0.0883. The van der Waals surface area contributed by atoms with Gasteiger partial charge in [-0.15, -0.1) is 0 Å². The largest absolute Gasteiger partial charge is 0.495 e. The van der Waals surface area contributed by atoms with Gasteiger partial charge in [-0.1, -0.05) is 11.3 Å². The molecule has 1 heterocycles. The van der Waals surface area contributed by atoms with Gasteiger partial charge >= 0.3 is 0 Å². The van der Waals surface area contributed by atoms with E-state index in [2.05, 4.69) is 25.6 Å². The summed E-state index contributed by atoms with van der Waals surface area (Å²) in [5.74, 6) is 0.465. The van der Waals surface area contributed by atoms with Crippen LogP contribution in [0.25, 0.3) is 0 Å². The Morgan fingerprint density at radius 2 is 1.95 bits per heavy atom. The first-order valence-electron chi connectivity index (χ1n) is 5.53. The maximum atomic E-state index is 12.4. The topological polar surface area (TPSA) is 104 Å². The highest BCUT2D eigenvalue weighted by molar-refractivity contribution is 9.11. The first-order chi connectivity index (χ1) is 9.87. The van der Waals surface area contributed by atoms with E-state index in [1.807, 2.05) is 0 Å². The van der Waals surface area contributed by atoms with Gasteiger partial charge in [-0.2, -0.15) is 0 Å². The molecule has 10 heteroatoms. The maximum Gasteiger partial charge on any atom is 0.267 e. The summed E-state index contributed by atoms with van der Waals surface area (Å²) < 4.78 is 38.0. The van der Waals surface area contributed by atoms with Crippen LogP contribution in [0.4, 0.5) is 10.8 Å². The van der Waals surface area contributed by atoms with E-state index in [9.17, 15) is 8.42 Å². The number of nitrogens with two attached hydrogens (primary N) is 1. The van der Waals surface area contributed by atoms with Crippen LogP contribution in [0.3, 0.4) is 0 Å². The molecule has 0 bridgehead atoms. The van der Waals surface area contributed by atoms with E-state index in [4.69, 9.17) is 15.2 Å². The lowest BCUT2D eigenvalue weighted by Gasteiger charge is -2.13. The predicted octanol–water partition coefficient (Wildman–Crippen LogP) is 2.31. The number of anilines is 2. The molecule has 0 atom stereocenters. The second kappa shape index (κ2) is 6.08. The van der Waals surface area contributed by atoms with Gasteiger partial charge in [0, 0.05) is 6.07 Å². The minimum Gasteiger partial charge on any atom is -0.495 e. The highest BCUT2D eigenvalue weighted by Gasteiger charge is 2.23. The number of rotatable bonds is 5. The van der Waals surface area contributed by atoms with Crippen molar-refractivity contribution in [3.8, 4) is 11.5 Å². The Bertz CT molecular complexity index is 761. The van der Waals surface area contributed by atoms with Crippen LogP contribution in [0.2, 0.25) is 0 Å². The number of sulfonamides is 1. The smallest absolute Gasteiger partial charge is 0.267 e. The Morgan fingerprint density at radius 1 is 1.29 bits per heavy atom. The SMILES string of the molecule is COc1cc(OC)c(S(=O)(=O)Nc2ncc(Br)s2)cc1N. The highest BCUT2D eigenvalue weighted by atomic mass is 79.9. The lowest BCUT2D eigenvalue weighted by Crippen LogP contribution is -2.14. The van der Waals surface area contributed by atoms with Crippen LogP contribution in [0, 0.1) is 0 Å². The van der Waals surface area contributed by atoms with E-state index < -0.39 is 10.0 Å². The molecular weight excluding hydrogens is 382 g/mol. The van der Waals surface area contributed by atoms with Gasteiger partial charge < -0.3 is 15.2 Å². The number of hydrogen-bond donors (Lipinski definition) is 2. The van der Waals surface area contributed by atoms with Crippen molar-refractivity contribution in [1.29, 1.82) is 0 Å². The van der Waals surface area contributed by atoms with Crippen molar-refractivity contribution in [2.75, 3.05) is 24.7 Å². The third-order valence-electron chi connectivity index (χ3n) is 2.50. The van der Waals surface area contributed by atoms with E-state index in [0.29, 0.717) is 9.54 Å². The van der Waals surface area contributed by atoms with Gasteiger partial charge in [-0.25, -0.2) is 13.4 Å². The quantitative estimate of drug-likeness (QED) is 0.755. The van der Waals surface area contributed by atoms with Gasteiger partial charge in [0.1, 0.15) is 16.4 Å². The van der Waals surface area contributed by atoms with E-state index in [-0.39, 0.29) is 21.5 Å². The first kappa shape index (κ1) is 15.9. The number of benzene rings is 1. The van der Waals surface area contributed by atoms with Gasteiger partial charge in [0.25, 0.3) is 10.0 Å². The van der Waals surface area contributed by atoms with Crippen LogP contribution in [0.15, 0.2) is 27.0 Å². The molecule has 1 aromatic heterocycles. The summed E-state index contributed by atoms with van der Waals surface area (Å²) in [7, 11) is -1.07. The number of nitrogens with zero attached hydrogens (tertiary/aromatic N) is 1. The molecule has 2 aromatic rings. The molecule has 0 aliphatic carbocycles. The van der Waals surface area contributed by atoms with Gasteiger partial charge in [0.05, 0.1) is 29.9 Å². The fourth-order valence-electron chi connectivity index (χ4n) is 1.57. The van der Waals surface area contributed by atoms with E-state index in [0.717, 1.165) is 11.3 Å². The first-order valence-corrected chi connectivity index (χ1v) is 8.62. The number of nitrogens with one attached hydrogen (secondary N) is 1. The Kier molecular flexibility index (Phi) is 4.59. The van der Waals surface area contributed by atoms with Crippen molar-refractivity contribution in [1.82, 2.24) is 4.98 Å². The molecule has 1 aromatic carbocycles. The number of methoxy groups -OCH3 is 2. The van der Waals surface area contributed by atoms with E-state index >= 15 is 0 Å². The second-order valence-corrected chi connectivity index (χ2v) is 7.88. The molecule has 0 spiro atoms. The van der Waals surface area contributed by atoms with Gasteiger partial charge in [-0.05, 0) is 22.0 Å². The van der Waals surface area contributed by atoms with Crippen LogP contribution >= 0.6 is 27.3 Å². The maximum absolute atomic E-state index is 12.4. The minimum atomic E-state index is -3.87. The van der Waals surface area contributed by atoms with Crippen LogP contribution in [-0.2, 0) is 10.0 Å². The third-order valence-corrected chi connectivity index (χ3v) is 5.39. The molecule has 0 aliphatic rings. The lowest BCUT2D eigenvalue weighted by molar-refractivity contribution is 0.387. The van der Waals surface area contributed by atoms with Gasteiger partial charge in [-0.3, -0.25) is 4.72 Å². The average Bonchev–Trinajstić information content (AvgIpc) is 2.83. The zero-order valence-corrected chi connectivity index (χ0v) is 14.3. The normalized spacial score (nSPS) is 11.2. The van der Waals surface area contributed by atoms with Crippen molar-refractivity contribution in [3.63, 3.8) is 0 Å². The number of thiazole rings is 1. The fraction of sp³-hybridized carbons (Fsp3) is 0.182. The molecule has 21 heavy (non-hydrogen) atoms. The number of halogens is 1. The molecule has 0 saturated carbocycles. The van der Waals surface area contributed by atoms with Crippen LogP contribution in [-0.4, -0.2) is 27.6 Å². The Morgan fingerprint density at radius 3 is 2.48 bits per heavy atom. The van der Waals surface area contributed by atoms with Crippen LogP contribution in [0.1, 0.15) is 0 Å². The van der Waals surface area contributed by atoms with Crippen molar-refractivity contribution in [2.45, 2.75) is 4.90 Å². The van der Waals surface area contributed by atoms with Crippen molar-refractivity contribution in [3.05, 3.63) is 22.1 Å². The molecule has 0 unspecified atom stereocenters. The summed E-state index contributed by atoms with van der Waals surface area (Å²) in [6.45, 7) is 0. The van der Waals surface area contributed by atoms with Crippen LogP contribution in [0.5, 0.6) is 11.5 Å². The molecule has 0 fully saturated rings. The summed E-state index contributed by atoms with van der Waals surface area (Å²) in [5.41, 5.74) is 5.95. The monoisotopic (exact) mass is 393 g/mol. The molecule has 3 N–H and O–H groups in total. The molecule has 0 aliphatic heterocycles. The van der Waals surface area contributed by atoms with Crippen LogP contribution < -0.4 is 19.9 Å². The number of nitrogen functional groups attached to an aromatic ring is 1. The molecule has 2 rings (SSSR count). The fourth-order valence-corrected chi connectivity index (χ4v) is 4.11. The molecule has 0 amide bonds. The predicted molar refractivity (Wildman–Crippen MR) is 84.6 cm³/mol. The number of hydrogen-bond acceptors (Lipinski definition) is 7. The summed E-state index contributed by atoms with van der Waals surface area (Å²) in [4.78, 5) is 3.83. The molecule has 0 radical (unpaired) electrons. The Hall–Kier alpha value is -1.52.